The van der Waals surface area contributed by atoms with E-state index in [1.807, 2.05) is 0 Å². The first-order chi connectivity index (χ1) is 11.4. The van der Waals surface area contributed by atoms with Crippen LogP contribution < -0.4 is 0 Å². The van der Waals surface area contributed by atoms with Crippen molar-refractivity contribution in [1.29, 1.82) is 0 Å². The summed E-state index contributed by atoms with van der Waals surface area (Å²) in [6.45, 7) is 9.27. The summed E-state index contributed by atoms with van der Waals surface area (Å²) in [5.41, 5.74) is 7.75. The topological polar surface area (TPSA) is 0 Å². The zero-order valence-corrected chi connectivity index (χ0v) is 15.3. The van der Waals surface area contributed by atoms with E-state index in [-0.39, 0.29) is 5.41 Å². The molecule has 2 aromatic carbocycles. The van der Waals surface area contributed by atoms with Gasteiger partial charge in [-0.15, -0.1) is 0 Å². The molecule has 0 aliphatic heterocycles. The monoisotopic (exact) mass is 316 g/mol. The second-order valence-electron chi connectivity index (χ2n) is 8.85. The fraction of sp³-hybridized carbons (Fsp3) is 0.417. The summed E-state index contributed by atoms with van der Waals surface area (Å²) in [5, 5.41) is 0. The van der Waals surface area contributed by atoms with E-state index in [1.54, 1.807) is 5.57 Å². The Hall–Kier alpha value is -1.82. The summed E-state index contributed by atoms with van der Waals surface area (Å²) in [6, 6.07) is 18.5. The molecule has 124 valence electrons. The van der Waals surface area contributed by atoms with Crippen LogP contribution in [0.4, 0.5) is 0 Å². The van der Waals surface area contributed by atoms with E-state index in [9.17, 15) is 0 Å². The molecule has 2 aliphatic rings. The summed E-state index contributed by atoms with van der Waals surface area (Å²) in [5.74, 6) is 2.03. The van der Waals surface area contributed by atoms with Crippen LogP contribution in [0.3, 0.4) is 0 Å². The van der Waals surface area contributed by atoms with Gasteiger partial charge in [0.05, 0.1) is 0 Å². The van der Waals surface area contributed by atoms with Gasteiger partial charge in [0.1, 0.15) is 0 Å². The van der Waals surface area contributed by atoms with Crippen LogP contribution in [-0.4, -0.2) is 0 Å². The summed E-state index contributed by atoms with van der Waals surface area (Å²) >= 11 is 0. The molecule has 2 aliphatic carbocycles. The highest BCUT2D eigenvalue weighted by Gasteiger charge is 2.37. The number of rotatable bonds is 1. The van der Waals surface area contributed by atoms with Crippen molar-refractivity contribution in [3.63, 3.8) is 0 Å². The number of allylic oxidation sites excluding steroid dienone is 1. The zero-order valence-electron chi connectivity index (χ0n) is 15.3. The molecule has 3 unspecified atom stereocenters. The van der Waals surface area contributed by atoms with E-state index in [1.165, 1.54) is 35.1 Å². The van der Waals surface area contributed by atoms with E-state index >= 15 is 0 Å². The van der Waals surface area contributed by atoms with Gasteiger partial charge in [0, 0.05) is 5.92 Å². The minimum Gasteiger partial charge on any atom is -0.0653 e. The van der Waals surface area contributed by atoms with Crippen LogP contribution in [0.15, 0.2) is 54.1 Å². The lowest BCUT2D eigenvalue weighted by Crippen LogP contribution is -2.18. The van der Waals surface area contributed by atoms with Crippen LogP contribution in [0.2, 0.25) is 0 Å². The molecule has 2 aromatic rings. The number of hydrogen-bond acceptors (Lipinski definition) is 0. The minimum atomic E-state index is 0.218. The standard InChI is InChI=1S/C24H28/c1-16-13-19-15-18-7-5-6-8-21(18)23(22(19)14-16)17-9-11-20(12-10-17)24(2,3)4/h5-12,15-16,22-23H,13-14H2,1-4H3. The third-order valence-electron chi connectivity index (χ3n) is 5.93. The molecule has 0 amide bonds. The molecule has 0 bridgehead atoms. The Kier molecular flexibility index (Phi) is 3.67. The highest BCUT2D eigenvalue weighted by atomic mass is 14.4. The van der Waals surface area contributed by atoms with Gasteiger partial charge in [0.15, 0.2) is 0 Å². The largest absolute Gasteiger partial charge is 0.0653 e. The number of fused-ring (bicyclic) bond motifs is 2. The quantitative estimate of drug-likeness (QED) is 0.559. The van der Waals surface area contributed by atoms with Crippen LogP contribution in [0, 0.1) is 11.8 Å². The van der Waals surface area contributed by atoms with E-state index in [2.05, 4.69) is 82.3 Å². The van der Waals surface area contributed by atoms with Gasteiger partial charge in [0.25, 0.3) is 0 Å². The van der Waals surface area contributed by atoms with Crippen molar-refractivity contribution in [3.05, 3.63) is 76.4 Å². The third-order valence-corrected chi connectivity index (χ3v) is 5.93. The van der Waals surface area contributed by atoms with Gasteiger partial charge in [-0.1, -0.05) is 87.9 Å². The molecule has 0 spiro atoms. The molecule has 0 aromatic heterocycles. The van der Waals surface area contributed by atoms with Crippen molar-refractivity contribution >= 4 is 6.08 Å². The molecule has 0 radical (unpaired) electrons. The molecule has 24 heavy (non-hydrogen) atoms. The van der Waals surface area contributed by atoms with Crippen LogP contribution in [0.1, 0.15) is 68.7 Å². The Morgan fingerprint density at radius 2 is 1.62 bits per heavy atom. The van der Waals surface area contributed by atoms with Gasteiger partial charge in [-0.05, 0) is 52.3 Å². The second kappa shape index (κ2) is 5.62. The normalized spacial score (nSPS) is 25.8. The maximum Gasteiger partial charge on any atom is 0.0161 e. The number of benzene rings is 2. The lowest BCUT2D eigenvalue weighted by molar-refractivity contribution is 0.492. The SMILES string of the molecule is CC1CC2=Cc3ccccc3C(c3ccc(C(C)(C)C)cc3)C2C1. The summed E-state index contributed by atoms with van der Waals surface area (Å²) in [6.07, 6.45) is 5.07. The van der Waals surface area contributed by atoms with Crippen molar-refractivity contribution in [2.45, 2.75) is 51.9 Å². The van der Waals surface area contributed by atoms with Gasteiger partial charge >= 0.3 is 0 Å². The average molecular weight is 316 g/mol. The molecular weight excluding hydrogens is 288 g/mol. The smallest absolute Gasteiger partial charge is 0.0161 e. The summed E-state index contributed by atoms with van der Waals surface area (Å²) in [7, 11) is 0. The van der Waals surface area contributed by atoms with E-state index < -0.39 is 0 Å². The lowest BCUT2D eigenvalue weighted by Gasteiger charge is -2.32. The van der Waals surface area contributed by atoms with Crippen molar-refractivity contribution in [3.8, 4) is 0 Å². The van der Waals surface area contributed by atoms with Crippen LogP contribution >= 0.6 is 0 Å². The number of hydrogen-bond donors (Lipinski definition) is 0. The van der Waals surface area contributed by atoms with E-state index in [0.29, 0.717) is 11.8 Å². The zero-order chi connectivity index (χ0) is 16.9. The van der Waals surface area contributed by atoms with Gasteiger partial charge in [0.2, 0.25) is 0 Å². The molecule has 0 heteroatoms. The van der Waals surface area contributed by atoms with Gasteiger partial charge in [-0.25, -0.2) is 0 Å². The summed E-state index contributed by atoms with van der Waals surface area (Å²) in [4.78, 5) is 0. The molecule has 1 fully saturated rings. The fourth-order valence-corrected chi connectivity index (χ4v) is 4.68. The Bertz CT molecular complexity index is 770. The Morgan fingerprint density at radius 1 is 0.917 bits per heavy atom. The highest BCUT2D eigenvalue weighted by molar-refractivity contribution is 5.64. The average Bonchev–Trinajstić information content (AvgIpc) is 2.91. The molecule has 0 nitrogen and oxygen atoms in total. The van der Waals surface area contributed by atoms with Crippen LogP contribution in [0.25, 0.3) is 6.08 Å². The van der Waals surface area contributed by atoms with E-state index in [0.717, 1.165) is 5.92 Å². The molecule has 1 saturated carbocycles. The maximum absolute atomic E-state index is 2.48. The second-order valence-corrected chi connectivity index (χ2v) is 8.85. The third kappa shape index (κ3) is 2.62. The lowest BCUT2D eigenvalue weighted by atomic mass is 9.72. The molecule has 0 saturated heterocycles. The minimum absolute atomic E-state index is 0.218. The van der Waals surface area contributed by atoms with Crippen molar-refractivity contribution in [2.75, 3.05) is 0 Å². The van der Waals surface area contributed by atoms with Crippen molar-refractivity contribution < 1.29 is 0 Å². The molecule has 3 atom stereocenters. The molecule has 0 heterocycles. The Balaban J connectivity index is 1.79. The predicted molar refractivity (Wildman–Crippen MR) is 103 cm³/mol. The Morgan fingerprint density at radius 3 is 2.33 bits per heavy atom. The molecule has 0 N–H and O–H groups in total. The first kappa shape index (κ1) is 15.7. The molecule has 4 rings (SSSR count). The Labute approximate surface area is 146 Å². The summed E-state index contributed by atoms with van der Waals surface area (Å²) < 4.78 is 0. The maximum atomic E-state index is 2.48. The predicted octanol–water partition coefficient (Wildman–Crippen LogP) is 6.56. The van der Waals surface area contributed by atoms with E-state index in [4.69, 9.17) is 0 Å². The van der Waals surface area contributed by atoms with Crippen LogP contribution in [0.5, 0.6) is 0 Å². The first-order valence-electron chi connectivity index (χ1n) is 9.33. The van der Waals surface area contributed by atoms with Crippen molar-refractivity contribution in [1.82, 2.24) is 0 Å². The molecular formula is C24H28. The van der Waals surface area contributed by atoms with Gasteiger partial charge in [-0.2, -0.15) is 0 Å². The van der Waals surface area contributed by atoms with Gasteiger partial charge < -0.3 is 0 Å². The van der Waals surface area contributed by atoms with Crippen LogP contribution in [-0.2, 0) is 5.41 Å². The van der Waals surface area contributed by atoms with Crippen molar-refractivity contribution in [2.24, 2.45) is 11.8 Å². The first-order valence-corrected chi connectivity index (χ1v) is 9.33. The highest BCUT2D eigenvalue weighted by Crippen LogP contribution is 2.51. The van der Waals surface area contributed by atoms with Gasteiger partial charge in [-0.3, -0.25) is 0 Å². The fourth-order valence-electron chi connectivity index (χ4n) is 4.68.